The van der Waals surface area contributed by atoms with Crippen molar-refractivity contribution in [3.05, 3.63) is 12.7 Å². The first-order chi connectivity index (χ1) is 5.95. The van der Waals surface area contributed by atoms with Crippen LogP contribution in [0.2, 0.25) is 0 Å². The molecule has 0 amide bonds. The van der Waals surface area contributed by atoms with Crippen molar-refractivity contribution in [2.75, 3.05) is 13.2 Å². The van der Waals surface area contributed by atoms with Crippen molar-refractivity contribution in [2.24, 2.45) is 0 Å². The summed E-state index contributed by atoms with van der Waals surface area (Å²) < 4.78 is 36.5. The Labute approximate surface area is 76.1 Å². The van der Waals surface area contributed by atoms with Crippen molar-refractivity contribution < 1.29 is 26.7 Å². The molecule has 0 aromatic carbocycles. The highest BCUT2D eigenvalue weighted by Crippen LogP contribution is 1.90. The lowest BCUT2D eigenvalue weighted by atomic mass is 10.5. The maximum Gasteiger partial charge on any atom is 0.397 e. The molecular weight excluding hydrogens is 200 g/mol. The summed E-state index contributed by atoms with van der Waals surface area (Å²) in [4.78, 5) is 10.4. The molecule has 13 heavy (non-hydrogen) atoms. The van der Waals surface area contributed by atoms with Gasteiger partial charge in [-0.2, -0.15) is 8.42 Å². The molecule has 0 aromatic rings. The van der Waals surface area contributed by atoms with E-state index in [1.54, 1.807) is 0 Å². The molecule has 0 bridgehead atoms. The third kappa shape index (κ3) is 8.99. The van der Waals surface area contributed by atoms with Gasteiger partial charge in [0.1, 0.15) is 0 Å². The molecule has 0 heterocycles. The van der Waals surface area contributed by atoms with Crippen molar-refractivity contribution >= 4 is 16.4 Å². The van der Waals surface area contributed by atoms with Crippen molar-refractivity contribution in [3.63, 3.8) is 0 Å². The molecule has 6 nitrogen and oxygen atoms in total. The number of hydrogen-bond acceptors (Lipinski definition) is 5. The second kappa shape index (κ2) is 5.68. The van der Waals surface area contributed by atoms with Gasteiger partial charge in [-0.3, -0.25) is 4.55 Å². The lowest BCUT2D eigenvalue weighted by molar-refractivity contribution is -0.137. The number of rotatable bonds is 6. The van der Waals surface area contributed by atoms with Gasteiger partial charge in [-0.1, -0.05) is 6.58 Å². The SMILES string of the molecule is C=CC(=O)OCCCOS(=O)(=O)O. The summed E-state index contributed by atoms with van der Waals surface area (Å²) in [6, 6.07) is 0. The van der Waals surface area contributed by atoms with E-state index in [4.69, 9.17) is 4.55 Å². The van der Waals surface area contributed by atoms with Gasteiger partial charge < -0.3 is 4.74 Å². The van der Waals surface area contributed by atoms with Crippen LogP contribution in [0.4, 0.5) is 0 Å². The molecule has 0 radical (unpaired) electrons. The van der Waals surface area contributed by atoms with Crippen LogP contribution in [0.3, 0.4) is 0 Å². The second-order valence-corrected chi connectivity index (χ2v) is 3.07. The minimum absolute atomic E-state index is 0.0143. The summed E-state index contributed by atoms with van der Waals surface area (Å²) in [6.07, 6.45) is 1.17. The molecule has 0 aliphatic rings. The number of carbonyl (C=O) groups excluding carboxylic acids is 1. The van der Waals surface area contributed by atoms with E-state index in [0.717, 1.165) is 6.08 Å². The molecule has 7 heteroatoms. The maximum absolute atomic E-state index is 10.4. The number of ether oxygens (including phenoxy) is 1. The molecular formula is C6H10O6S. The molecule has 0 spiro atoms. The normalized spacial score (nSPS) is 10.8. The number of hydrogen-bond donors (Lipinski definition) is 1. The Hall–Kier alpha value is -0.920. The van der Waals surface area contributed by atoms with Crippen molar-refractivity contribution in [3.8, 4) is 0 Å². The third-order valence-corrected chi connectivity index (χ3v) is 1.40. The first kappa shape index (κ1) is 12.1. The Kier molecular flexibility index (Phi) is 5.28. The van der Waals surface area contributed by atoms with Crippen molar-refractivity contribution in [2.45, 2.75) is 6.42 Å². The second-order valence-electron chi connectivity index (χ2n) is 1.97. The van der Waals surface area contributed by atoms with Crippen LogP contribution in [0.1, 0.15) is 6.42 Å². The highest BCUT2D eigenvalue weighted by Gasteiger charge is 2.03. The molecule has 0 aliphatic carbocycles. The van der Waals surface area contributed by atoms with Gasteiger partial charge in [0.2, 0.25) is 0 Å². The van der Waals surface area contributed by atoms with Gasteiger partial charge in [0.15, 0.2) is 0 Å². The third-order valence-electron chi connectivity index (χ3n) is 0.932. The topological polar surface area (TPSA) is 89.9 Å². The molecule has 0 atom stereocenters. The van der Waals surface area contributed by atoms with E-state index in [0.29, 0.717) is 0 Å². The standard InChI is InChI=1S/C6H10O6S/c1-2-6(7)11-4-3-5-12-13(8,9)10/h2H,1,3-5H2,(H,8,9,10). The quantitative estimate of drug-likeness (QED) is 0.285. The van der Waals surface area contributed by atoms with E-state index >= 15 is 0 Å². The van der Waals surface area contributed by atoms with Crippen molar-refractivity contribution in [1.82, 2.24) is 0 Å². The zero-order valence-electron chi connectivity index (χ0n) is 6.80. The van der Waals surface area contributed by atoms with Gasteiger partial charge in [-0.25, -0.2) is 8.98 Å². The summed E-state index contributed by atoms with van der Waals surface area (Å²) in [5.74, 6) is -0.591. The zero-order valence-corrected chi connectivity index (χ0v) is 7.62. The molecule has 0 rings (SSSR count). The van der Waals surface area contributed by atoms with Crippen LogP contribution in [0.15, 0.2) is 12.7 Å². The Morgan fingerprint density at radius 3 is 2.54 bits per heavy atom. The monoisotopic (exact) mass is 210 g/mol. The summed E-state index contributed by atoms with van der Waals surface area (Å²) in [7, 11) is -4.39. The molecule has 0 saturated heterocycles. The highest BCUT2D eigenvalue weighted by molar-refractivity contribution is 7.80. The largest absolute Gasteiger partial charge is 0.462 e. The molecule has 0 unspecified atom stereocenters. The molecule has 76 valence electrons. The molecule has 0 aliphatic heterocycles. The van der Waals surface area contributed by atoms with E-state index in [-0.39, 0.29) is 19.6 Å². The van der Waals surface area contributed by atoms with Crippen LogP contribution >= 0.6 is 0 Å². The van der Waals surface area contributed by atoms with E-state index in [1.165, 1.54) is 0 Å². The average molecular weight is 210 g/mol. The highest BCUT2D eigenvalue weighted by atomic mass is 32.3. The lowest BCUT2D eigenvalue weighted by Crippen LogP contribution is -2.08. The Balaban J connectivity index is 3.38. The summed E-state index contributed by atoms with van der Waals surface area (Å²) in [5, 5.41) is 0. The number of carbonyl (C=O) groups is 1. The van der Waals surface area contributed by atoms with Gasteiger partial charge in [0, 0.05) is 12.5 Å². The average Bonchev–Trinajstić information content (AvgIpc) is 2.01. The van der Waals surface area contributed by atoms with E-state index in [1.807, 2.05) is 0 Å². The fraction of sp³-hybridized carbons (Fsp3) is 0.500. The molecule has 0 fully saturated rings. The first-order valence-electron chi connectivity index (χ1n) is 3.37. The fourth-order valence-corrected chi connectivity index (χ4v) is 0.783. The van der Waals surface area contributed by atoms with Crippen LogP contribution < -0.4 is 0 Å². The van der Waals surface area contributed by atoms with Gasteiger partial charge in [0.25, 0.3) is 0 Å². The zero-order chi connectivity index (χ0) is 10.3. The first-order valence-corrected chi connectivity index (χ1v) is 4.73. The van der Waals surface area contributed by atoms with E-state index < -0.39 is 16.4 Å². The lowest BCUT2D eigenvalue weighted by Gasteiger charge is -2.00. The summed E-state index contributed by atoms with van der Waals surface area (Å²) in [5.41, 5.74) is 0. The molecule has 1 N–H and O–H groups in total. The predicted octanol–water partition coefficient (Wildman–Crippen LogP) is -0.0749. The van der Waals surface area contributed by atoms with Crippen LogP contribution in [0.25, 0.3) is 0 Å². The van der Waals surface area contributed by atoms with Crippen molar-refractivity contribution in [1.29, 1.82) is 0 Å². The van der Waals surface area contributed by atoms with Crippen LogP contribution in [-0.2, 0) is 24.1 Å². The maximum atomic E-state index is 10.4. The fourth-order valence-electron chi connectivity index (χ4n) is 0.455. The van der Waals surface area contributed by atoms with E-state index in [2.05, 4.69) is 15.5 Å². The number of esters is 1. The Bertz CT molecular complexity index is 267. The smallest absolute Gasteiger partial charge is 0.397 e. The summed E-state index contributed by atoms with van der Waals surface area (Å²) in [6.45, 7) is 2.94. The van der Waals surface area contributed by atoms with Gasteiger partial charge >= 0.3 is 16.4 Å². The minimum Gasteiger partial charge on any atom is -0.462 e. The Morgan fingerprint density at radius 2 is 2.08 bits per heavy atom. The molecule has 0 aromatic heterocycles. The predicted molar refractivity (Wildman–Crippen MR) is 43.3 cm³/mol. The van der Waals surface area contributed by atoms with Crippen LogP contribution in [-0.4, -0.2) is 32.2 Å². The van der Waals surface area contributed by atoms with Gasteiger partial charge in [-0.05, 0) is 0 Å². The molecule has 0 saturated carbocycles. The van der Waals surface area contributed by atoms with Gasteiger partial charge in [-0.15, -0.1) is 0 Å². The van der Waals surface area contributed by atoms with E-state index in [9.17, 15) is 13.2 Å². The van der Waals surface area contributed by atoms with Gasteiger partial charge in [0.05, 0.1) is 13.2 Å². The minimum atomic E-state index is -4.39. The summed E-state index contributed by atoms with van der Waals surface area (Å²) >= 11 is 0. The van der Waals surface area contributed by atoms with Crippen LogP contribution in [0.5, 0.6) is 0 Å². The Morgan fingerprint density at radius 1 is 1.46 bits per heavy atom. The van der Waals surface area contributed by atoms with Crippen LogP contribution in [0, 0.1) is 0 Å².